The van der Waals surface area contributed by atoms with E-state index in [2.05, 4.69) is 13.2 Å². The maximum Gasteiger partial charge on any atom is 0.343 e. The number of methoxy groups -OCH3 is 1. The van der Waals surface area contributed by atoms with Gasteiger partial charge in [0.25, 0.3) is 0 Å². The number of carbonyl (C=O) groups is 4. The summed E-state index contributed by atoms with van der Waals surface area (Å²) in [7, 11) is 1.56. The van der Waals surface area contributed by atoms with Crippen LogP contribution in [-0.4, -0.2) is 50.8 Å². The van der Waals surface area contributed by atoms with E-state index in [0.29, 0.717) is 41.6 Å². The Morgan fingerprint density at radius 1 is 0.727 bits per heavy atom. The van der Waals surface area contributed by atoms with Crippen LogP contribution in [0.5, 0.6) is 23.0 Å². The normalized spacial score (nSPS) is 12.1. The van der Waals surface area contributed by atoms with Crippen LogP contribution in [0.4, 0.5) is 0 Å². The number of esters is 4. The Hall–Kier alpha value is -6.42. The Balaban J connectivity index is 1.11. The van der Waals surface area contributed by atoms with Crippen LogP contribution in [0, 0.1) is 5.92 Å². The van der Waals surface area contributed by atoms with Crippen molar-refractivity contribution in [2.75, 3.05) is 26.9 Å². The molecule has 0 amide bonds. The quantitative estimate of drug-likeness (QED) is 0.0555. The Bertz CT molecular complexity index is 2010. The molecule has 0 aliphatic heterocycles. The minimum atomic E-state index is -0.517. The fraction of sp³-hybridized carbons (Fsp3) is 0.244. The predicted molar refractivity (Wildman–Crippen MR) is 208 cm³/mol. The number of rotatable bonds is 18. The fourth-order valence-corrected chi connectivity index (χ4v) is 5.32. The molecule has 0 bridgehead atoms. The van der Waals surface area contributed by atoms with Crippen LogP contribution in [0.2, 0.25) is 0 Å². The van der Waals surface area contributed by atoms with E-state index in [1.807, 2.05) is 48.5 Å². The van der Waals surface area contributed by atoms with Gasteiger partial charge in [-0.05, 0) is 116 Å². The third-order valence-corrected chi connectivity index (χ3v) is 8.65. The molecule has 10 heteroatoms. The highest BCUT2D eigenvalue weighted by atomic mass is 16.6. The molecule has 55 heavy (non-hydrogen) atoms. The molecule has 1 aliphatic rings. The van der Waals surface area contributed by atoms with Gasteiger partial charge in [0.05, 0.1) is 32.5 Å². The van der Waals surface area contributed by atoms with Gasteiger partial charge in [-0.1, -0.05) is 49.6 Å². The van der Waals surface area contributed by atoms with Gasteiger partial charge in [0.15, 0.2) is 0 Å². The average Bonchev–Trinajstić information content (AvgIpc) is 4.04. The molecule has 0 N–H and O–H groups in total. The van der Waals surface area contributed by atoms with Crippen molar-refractivity contribution in [1.29, 1.82) is 0 Å². The van der Waals surface area contributed by atoms with Crippen LogP contribution >= 0.6 is 0 Å². The van der Waals surface area contributed by atoms with Gasteiger partial charge in [0.1, 0.15) is 23.0 Å². The van der Waals surface area contributed by atoms with Gasteiger partial charge in [-0.2, -0.15) is 0 Å². The molecule has 4 aromatic rings. The maximum atomic E-state index is 12.8. The lowest BCUT2D eigenvalue weighted by atomic mass is 10.0. The largest absolute Gasteiger partial charge is 0.497 e. The van der Waals surface area contributed by atoms with Gasteiger partial charge in [0.2, 0.25) is 0 Å². The molecule has 0 spiro atoms. The van der Waals surface area contributed by atoms with E-state index in [9.17, 15) is 19.2 Å². The molecule has 0 saturated heterocycles. The highest BCUT2D eigenvalue weighted by molar-refractivity contribution is 5.91. The van der Waals surface area contributed by atoms with Crippen molar-refractivity contribution >= 4 is 30.0 Å². The Morgan fingerprint density at radius 3 is 1.85 bits per heavy atom. The highest BCUT2D eigenvalue weighted by Gasteiger charge is 2.28. The molecule has 4 aromatic carbocycles. The van der Waals surface area contributed by atoms with Crippen molar-refractivity contribution in [2.24, 2.45) is 5.92 Å². The third-order valence-electron chi connectivity index (χ3n) is 8.65. The van der Waals surface area contributed by atoms with Gasteiger partial charge >= 0.3 is 23.9 Å². The van der Waals surface area contributed by atoms with Crippen molar-refractivity contribution < 1.29 is 47.6 Å². The number of hydrogen-bond donors (Lipinski definition) is 0. The third kappa shape index (κ3) is 12.0. The Morgan fingerprint density at radius 2 is 1.29 bits per heavy atom. The molecule has 5 rings (SSSR count). The van der Waals surface area contributed by atoms with Crippen LogP contribution in [0.3, 0.4) is 0 Å². The van der Waals surface area contributed by atoms with E-state index in [1.54, 1.807) is 69.5 Å². The number of benzene rings is 4. The van der Waals surface area contributed by atoms with E-state index in [0.717, 1.165) is 35.1 Å². The standard InChI is InChI=1S/C45H44O10/c1-29(2)43(47)52-27-32(28-53-44(48)30(3)4)24-25-51-38-19-13-34(14-20-38)33-9-6-31(7-10-33)8-23-42(46)55-41-22-21-39(26-40(41)35-11-12-35)54-45(49)36-15-17-37(50-5)18-16-36/h6-10,13-23,26,32,35H,1,3,11-12,24-25,27-28H2,2,4-5H3/b23-8+. The van der Waals surface area contributed by atoms with Crippen LogP contribution in [-0.2, 0) is 23.9 Å². The summed E-state index contributed by atoms with van der Waals surface area (Å²) in [6.45, 7) is 10.8. The van der Waals surface area contributed by atoms with Crippen molar-refractivity contribution in [3.05, 3.63) is 138 Å². The SMILES string of the molecule is C=C(C)C(=O)OCC(CCOc1ccc(-c2ccc(/C=C/C(=O)Oc3ccc(OC(=O)c4ccc(OC)cc4)cc3C3CC3)cc2)cc1)COC(=O)C(=C)C. The highest BCUT2D eigenvalue weighted by Crippen LogP contribution is 2.45. The van der Waals surface area contributed by atoms with Crippen LogP contribution in [0.15, 0.2) is 121 Å². The monoisotopic (exact) mass is 744 g/mol. The summed E-state index contributed by atoms with van der Waals surface area (Å²) < 4.78 is 32.9. The molecule has 0 aromatic heterocycles. The molecule has 1 saturated carbocycles. The van der Waals surface area contributed by atoms with E-state index in [-0.39, 0.29) is 36.2 Å². The molecular weight excluding hydrogens is 700 g/mol. The van der Waals surface area contributed by atoms with E-state index >= 15 is 0 Å². The first-order valence-corrected chi connectivity index (χ1v) is 17.9. The van der Waals surface area contributed by atoms with Gasteiger partial charge in [-0.15, -0.1) is 0 Å². The van der Waals surface area contributed by atoms with Gasteiger partial charge in [0, 0.05) is 28.7 Å². The van der Waals surface area contributed by atoms with Gasteiger partial charge < -0.3 is 28.4 Å². The van der Waals surface area contributed by atoms with Crippen molar-refractivity contribution in [1.82, 2.24) is 0 Å². The summed E-state index contributed by atoms with van der Waals surface area (Å²) in [6.07, 6.45) is 5.48. The molecule has 0 radical (unpaired) electrons. The fourth-order valence-electron chi connectivity index (χ4n) is 5.32. The zero-order valence-electron chi connectivity index (χ0n) is 31.2. The maximum absolute atomic E-state index is 12.8. The second kappa shape index (κ2) is 19.1. The molecule has 1 fully saturated rings. The summed E-state index contributed by atoms with van der Waals surface area (Å²) in [4.78, 5) is 49.2. The number of ether oxygens (including phenoxy) is 6. The van der Waals surface area contributed by atoms with E-state index in [1.165, 1.54) is 6.08 Å². The summed E-state index contributed by atoms with van der Waals surface area (Å²) in [5.41, 5.74) is 4.58. The minimum Gasteiger partial charge on any atom is -0.497 e. The van der Waals surface area contributed by atoms with Gasteiger partial charge in [-0.3, -0.25) is 0 Å². The Kier molecular flexibility index (Phi) is 13.8. The molecule has 0 unspecified atom stereocenters. The zero-order chi connectivity index (χ0) is 39.3. The first-order chi connectivity index (χ1) is 26.5. The second-order valence-corrected chi connectivity index (χ2v) is 13.3. The van der Waals surface area contributed by atoms with Crippen LogP contribution in [0.1, 0.15) is 60.5 Å². The van der Waals surface area contributed by atoms with Crippen molar-refractivity contribution in [2.45, 2.75) is 39.0 Å². The first-order valence-electron chi connectivity index (χ1n) is 17.9. The molecule has 0 heterocycles. The first kappa shape index (κ1) is 39.8. The lowest BCUT2D eigenvalue weighted by Gasteiger charge is -2.18. The topological polar surface area (TPSA) is 124 Å². The molecule has 1 aliphatic carbocycles. The summed E-state index contributed by atoms with van der Waals surface area (Å²) in [5, 5.41) is 0. The summed E-state index contributed by atoms with van der Waals surface area (Å²) >= 11 is 0. The van der Waals surface area contributed by atoms with Crippen LogP contribution in [0.25, 0.3) is 17.2 Å². The van der Waals surface area contributed by atoms with Crippen molar-refractivity contribution in [3.8, 4) is 34.1 Å². The van der Waals surface area contributed by atoms with Gasteiger partial charge in [-0.25, -0.2) is 19.2 Å². The van der Waals surface area contributed by atoms with Crippen LogP contribution < -0.4 is 18.9 Å². The molecule has 284 valence electrons. The predicted octanol–water partition coefficient (Wildman–Crippen LogP) is 8.70. The second-order valence-electron chi connectivity index (χ2n) is 13.3. The van der Waals surface area contributed by atoms with E-state index in [4.69, 9.17) is 28.4 Å². The molecule has 0 atom stereocenters. The summed E-state index contributed by atoms with van der Waals surface area (Å²) in [5.74, 6) is 0.0753. The minimum absolute atomic E-state index is 0.0616. The van der Waals surface area contributed by atoms with E-state index < -0.39 is 23.9 Å². The average molecular weight is 745 g/mol. The Labute approximate surface area is 321 Å². The number of hydrogen-bond acceptors (Lipinski definition) is 10. The summed E-state index contributed by atoms with van der Waals surface area (Å²) in [6, 6.07) is 27.1. The zero-order valence-corrected chi connectivity index (χ0v) is 31.2. The molecular formula is C45H44O10. The van der Waals surface area contributed by atoms with Crippen molar-refractivity contribution in [3.63, 3.8) is 0 Å². The number of carbonyl (C=O) groups excluding carboxylic acids is 4. The lowest BCUT2D eigenvalue weighted by Crippen LogP contribution is -2.23. The smallest absolute Gasteiger partial charge is 0.343 e. The lowest BCUT2D eigenvalue weighted by molar-refractivity contribution is -0.144. The molecule has 10 nitrogen and oxygen atoms in total.